The fraction of sp³-hybridized carbons (Fsp3) is 0.647. The first-order chi connectivity index (χ1) is 8.56. The zero-order chi connectivity index (χ0) is 13.4. The van der Waals surface area contributed by atoms with E-state index in [1.54, 1.807) is 0 Å². The minimum Gasteiger partial charge on any atom is -0.0654 e. The standard InChI is InChI=1S/C17H27Br/c1-4-5-6-7-8-9-14-17(2,3)15-10-12-16(18)13-11-15/h10-13H,4-9,14H2,1-3H3. The summed E-state index contributed by atoms with van der Waals surface area (Å²) in [4.78, 5) is 0. The maximum Gasteiger partial charge on any atom is 0.0175 e. The van der Waals surface area contributed by atoms with Crippen LogP contribution in [-0.2, 0) is 5.41 Å². The second kappa shape index (κ2) is 7.99. The molecule has 0 aliphatic rings. The molecule has 0 radical (unpaired) electrons. The molecule has 0 aliphatic heterocycles. The van der Waals surface area contributed by atoms with Gasteiger partial charge in [0, 0.05) is 4.47 Å². The number of hydrogen-bond donors (Lipinski definition) is 0. The average molecular weight is 311 g/mol. The molecule has 0 spiro atoms. The molecule has 1 heteroatoms. The average Bonchev–Trinajstić information content (AvgIpc) is 2.34. The lowest BCUT2D eigenvalue weighted by atomic mass is 9.80. The molecule has 1 rings (SSSR count). The molecule has 0 saturated heterocycles. The molecule has 0 saturated carbocycles. The summed E-state index contributed by atoms with van der Waals surface area (Å²) in [6.07, 6.45) is 9.59. The molecule has 0 heterocycles. The predicted octanol–water partition coefficient (Wildman–Crippen LogP) is 6.48. The monoisotopic (exact) mass is 310 g/mol. The van der Waals surface area contributed by atoms with Crippen molar-refractivity contribution in [2.45, 2.75) is 71.1 Å². The number of hydrogen-bond acceptors (Lipinski definition) is 0. The first-order valence-corrected chi connectivity index (χ1v) is 8.11. The Bertz CT molecular complexity index is 324. The van der Waals surface area contributed by atoms with E-state index in [2.05, 4.69) is 61.0 Å². The van der Waals surface area contributed by atoms with Crippen LogP contribution < -0.4 is 0 Å². The Hall–Kier alpha value is -0.300. The molecule has 0 nitrogen and oxygen atoms in total. The van der Waals surface area contributed by atoms with Crippen molar-refractivity contribution in [1.29, 1.82) is 0 Å². The molecule has 0 unspecified atom stereocenters. The Labute approximate surface area is 121 Å². The number of benzene rings is 1. The minimum atomic E-state index is 0.311. The third-order valence-electron chi connectivity index (χ3n) is 3.78. The van der Waals surface area contributed by atoms with Gasteiger partial charge in [0.25, 0.3) is 0 Å². The topological polar surface area (TPSA) is 0 Å². The SMILES string of the molecule is CCCCCCCCC(C)(C)c1ccc(Br)cc1. The van der Waals surface area contributed by atoms with E-state index in [0.717, 1.165) is 0 Å². The van der Waals surface area contributed by atoms with Gasteiger partial charge in [0.1, 0.15) is 0 Å². The first-order valence-electron chi connectivity index (χ1n) is 7.32. The minimum absolute atomic E-state index is 0.311. The van der Waals surface area contributed by atoms with E-state index < -0.39 is 0 Å². The van der Waals surface area contributed by atoms with Crippen molar-refractivity contribution in [3.8, 4) is 0 Å². The molecule has 0 fully saturated rings. The molecular formula is C17H27Br. The quantitative estimate of drug-likeness (QED) is 0.482. The smallest absolute Gasteiger partial charge is 0.0175 e. The summed E-state index contributed by atoms with van der Waals surface area (Å²) in [6.45, 7) is 7.00. The zero-order valence-corrected chi connectivity index (χ0v) is 13.7. The normalized spacial score (nSPS) is 11.8. The molecule has 102 valence electrons. The van der Waals surface area contributed by atoms with E-state index >= 15 is 0 Å². The van der Waals surface area contributed by atoms with Crippen molar-refractivity contribution < 1.29 is 0 Å². The lowest BCUT2D eigenvalue weighted by Crippen LogP contribution is -2.16. The van der Waals surface area contributed by atoms with Crippen molar-refractivity contribution >= 4 is 15.9 Å². The van der Waals surface area contributed by atoms with Crippen molar-refractivity contribution in [3.05, 3.63) is 34.3 Å². The van der Waals surface area contributed by atoms with Gasteiger partial charge in [-0.3, -0.25) is 0 Å². The van der Waals surface area contributed by atoms with Crippen molar-refractivity contribution in [3.63, 3.8) is 0 Å². The third-order valence-corrected chi connectivity index (χ3v) is 4.31. The van der Waals surface area contributed by atoms with Gasteiger partial charge >= 0.3 is 0 Å². The van der Waals surface area contributed by atoms with Gasteiger partial charge < -0.3 is 0 Å². The van der Waals surface area contributed by atoms with Gasteiger partial charge in [-0.2, -0.15) is 0 Å². The van der Waals surface area contributed by atoms with Crippen molar-refractivity contribution in [2.24, 2.45) is 0 Å². The Morgan fingerprint density at radius 1 is 0.889 bits per heavy atom. The number of halogens is 1. The summed E-state index contributed by atoms with van der Waals surface area (Å²) in [5, 5.41) is 0. The van der Waals surface area contributed by atoms with Crippen molar-refractivity contribution in [1.82, 2.24) is 0 Å². The van der Waals surface area contributed by atoms with Crippen LogP contribution in [0.2, 0.25) is 0 Å². The van der Waals surface area contributed by atoms with Gasteiger partial charge in [-0.25, -0.2) is 0 Å². The Kier molecular flexibility index (Phi) is 6.99. The molecule has 1 aromatic carbocycles. The van der Waals surface area contributed by atoms with Gasteiger partial charge in [-0.15, -0.1) is 0 Å². The highest BCUT2D eigenvalue weighted by atomic mass is 79.9. The first kappa shape index (κ1) is 15.8. The van der Waals surface area contributed by atoms with Gasteiger partial charge in [0.05, 0.1) is 0 Å². The molecular weight excluding hydrogens is 284 g/mol. The Morgan fingerprint density at radius 2 is 1.44 bits per heavy atom. The molecule has 18 heavy (non-hydrogen) atoms. The summed E-state index contributed by atoms with van der Waals surface area (Å²) in [5.41, 5.74) is 1.77. The summed E-state index contributed by atoms with van der Waals surface area (Å²) in [5.74, 6) is 0. The van der Waals surface area contributed by atoms with Crippen LogP contribution in [0, 0.1) is 0 Å². The van der Waals surface area contributed by atoms with E-state index in [1.165, 1.54) is 55.0 Å². The lowest BCUT2D eigenvalue weighted by molar-refractivity contribution is 0.442. The van der Waals surface area contributed by atoms with Crippen LogP contribution in [0.1, 0.15) is 71.3 Å². The van der Waals surface area contributed by atoms with Crippen LogP contribution in [0.25, 0.3) is 0 Å². The molecule has 0 N–H and O–H groups in total. The van der Waals surface area contributed by atoms with E-state index in [-0.39, 0.29) is 0 Å². The summed E-state index contributed by atoms with van der Waals surface area (Å²) in [6, 6.07) is 8.80. The zero-order valence-electron chi connectivity index (χ0n) is 12.1. The Morgan fingerprint density at radius 3 is 2.06 bits per heavy atom. The maximum atomic E-state index is 3.50. The van der Waals surface area contributed by atoms with E-state index in [0.29, 0.717) is 5.41 Å². The number of unbranched alkanes of at least 4 members (excludes halogenated alkanes) is 5. The van der Waals surface area contributed by atoms with Crippen LogP contribution in [0.4, 0.5) is 0 Å². The fourth-order valence-corrected chi connectivity index (χ4v) is 2.66. The maximum absolute atomic E-state index is 3.50. The van der Waals surface area contributed by atoms with Gasteiger partial charge in [-0.05, 0) is 29.5 Å². The summed E-state index contributed by atoms with van der Waals surface area (Å²) >= 11 is 3.50. The Balaban J connectivity index is 2.33. The van der Waals surface area contributed by atoms with Crippen molar-refractivity contribution in [2.75, 3.05) is 0 Å². The second-order valence-corrected chi connectivity index (χ2v) is 6.82. The fourth-order valence-electron chi connectivity index (χ4n) is 2.39. The lowest BCUT2D eigenvalue weighted by Gasteiger charge is -2.25. The highest BCUT2D eigenvalue weighted by Gasteiger charge is 2.19. The highest BCUT2D eigenvalue weighted by Crippen LogP contribution is 2.30. The van der Waals surface area contributed by atoms with Crippen LogP contribution in [-0.4, -0.2) is 0 Å². The predicted molar refractivity (Wildman–Crippen MR) is 85.2 cm³/mol. The molecule has 0 amide bonds. The highest BCUT2D eigenvalue weighted by molar-refractivity contribution is 9.10. The van der Waals surface area contributed by atoms with E-state index in [4.69, 9.17) is 0 Å². The largest absolute Gasteiger partial charge is 0.0654 e. The molecule has 0 bridgehead atoms. The van der Waals surface area contributed by atoms with Gasteiger partial charge in [-0.1, -0.05) is 87.4 Å². The third kappa shape index (κ3) is 5.56. The van der Waals surface area contributed by atoms with Crippen LogP contribution >= 0.6 is 15.9 Å². The van der Waals surface area contributed by atoms with E-state index in [1.807, 2.05) is 0 Å². The number of rotatable bonds is 8. The molecule has 0 aliphatic carbocycles. The van der Waals surface area contributed by atoms with Gasteiger partial charge in [0.2, 0.25) is 0 Å². The van der Waals surface area contributed by atoms with Crippen LogP contribution in [0.15, 0.2) is 28.7 Å². The summed E-state index contributed by atoms with van der Waals surface area (Å²) < 4.78 is 1.17. The molecule has 0 atom stereocenters. The van der Waals surface area contributed by atoms with E-state index in [9.17, 15) is 0 Å². The van der Waals surface area contributed by atoms with Gasteiger partial charge in [0.15, 0.2) is 0 Å². The van der Waals surface area contributed by atoms with Crippen LogP contribution in [0.5, 0.6) is 0 Å². The summed E-state index contributed by atoms with van der Waals surface area (Å²) in [7, 11) is 0. The molecule has 1 aromatic rings. The molecule has 0 aromatic heterocycles. The van der Waals surface area contributed by atoms with Crippen LogP contribution in [0.3, 0.4) is 0 Å². The second-order valence-electron chi connectivity index (χ2n) is 5.91.